The standard InChI is InChI=1S/C19H24N4O4S/c1-15-3-8-18(13-19(15)23(24)25)28(26,27)20-14-16-4-6-17(7-5-16)22-11-9-21(2)10-12-22/h3-8,13,20H,9-12,14H2,1-2H3. The molecule has 1 N–H and O–H groups in total. The summed E-state index contributed by atoms with van der Waals surface area (Å²) < 4.78 is 27.5. The first kappa shape index (κ1) is 20.2. The van der Waals surface area contributed by atoms with Gasteiger partial charge in [-0.15, -0.1) is 0 Å². The van der Waals surface area contributed by atoms with Crippen molar-refractivity contribution >= 4 is 21.4 Å². The van der Waals surface area contributed by atoms with Crippen LogP contribution in [0.5, 0.6) is 0 Å². The van der Waals surface area contributed by atoms with Gasteiger partial charge in [0.2, 0.25) is 10.0 Å². The number of likely N-dealkylation sites (N-methyl/N-ethyl adjacent to an activating group) is 1. The first-order valence-electron chi connectivity index (χ1n) is 9.03. The second-order valence-corrected chi connectivity index (χ2v) is 8.75. The molecule has 0 amide bonds. The summed E-state index contributed by atoms with van der Waals surface area (Å²) in [6, 6.07) is 11.7. The van der Waals surface area contributed by atoms with Gasteiger partial charge in [-0.2, -0.15) is 0 Å². The van der Waals surface area contributed by atoms with Gasteiger partial charge in [0.1, 0.15) is 0 Å². The maximum Gasteiger partial charge on any atom is 0.273 e. The van der Waals surface area contributed by atoms with Gasteiger partial charge in [-0.25, -0.2) is 13.1 Å². The molecule has 1 heterocycles. The molecule has 3 rings (SSSR count). The van der Waals surface area contributed by atoms with Crippen molar-refractivity contribution in [3.63, 3.8) is 0 Å². The van der Waals surface area contributed by atoms with Gasteiger partial charge in [0.05, 0.1) is 9.82 Å². The van der Waals surface area contributed by atoms with Crippen molar-refractivity contribution in [2.24, 2.45) is 0 Å². The Balaban J connectivity index is 1.66. The highest BCUT2D eigenvalue weighted by Crippen LogP contribution is 2.22. The summed E-state index contributed by atoms with van der Waals surface area (Å²) in [6.07, 6.45) is 0. The molecule has 0 aromatic heterocycles. The largest absolute Gasteiger partial charge is 0.369 e. The van der Waals surface area contributed by atoms with Crippen LogP contribution >= 0.6 is 0 Å². The molecule has 0 unspecified atom stereocenters. The number of piperazine rings is 1. The average Bonchev–Trinajstić information content (AvgIpc) is 2.67. The van der Waals surface area contributed by atoms with E-state index in [1.54, 1.807) is 6.92 Å². The number of sulfonamides is 1. The number of hydrogen-bond acceptors (Lipinski definition) is 6. The fourth-order valence-electron chi connectivity index (χ4n) is 3.10. The first-order chi connectivity index (χ1) is 13.3. The second kappa shape index (κ2) is 8.26. The number of hydrogen-bond donors (Lipinski definition) is 1. The SMILES string of the molecule is Cc1ccc(S(=O)(=O)NCc2ccc(N3CCN(C)CC3)cc2)cc1[N+](=O)[O-]. The van der Waals surface area contributed by atoms with Crippen molar-refractivity contribution in [2.45, 2.75) is 18.4 Å². The third-order valence-corrected chi connectivity index (χ3v) is 6.36. The lowest BCUT2D eigenvalue weighted by Gasteiger charge is -2.34. The summed E-state index contributed by atoms with van der Waals surface area (Å²) in [5.41, 5.74) is 2.15. The maximum absolute atomic E-state index is 12.5. The summed E-state index contributed by atoms with van der Waals surface area (Å²) in [5, 5.41) is 11.0. The zero-order chi connectivity index (χ0) is 20.3. The highest BCUT2D eigenvalue weighted by atomic mass is 32.2. The molecule has 0 saturated carbocycles. The van der Waals surface area contributed by atoms with Gasteiger partial charge in [-0.1, -0.05) is 18.2 Å². The van der Waals surface area contributed by atoms with Gasteiger partial charge in [-0.05, 0) is 37.7 Å². The van der Waals surface area contributed by atoms with Crippen LogP contribution in [0.15, 0.2) is 47.4 Å². The van der Waals surface area contributed by atoms with Crippen molar-refractivity contribution in [1.29, 1.82) is 0 Å². The zero-order valence-electron chi connectivity index (χ0n) is 16.0. The van der Waals surface area contributed by atoms with E-state index in [0.29, 0.717) is 5.56 Å². The summed E-state index contributed by atoms with van der Waals surface area (Å²) in [4.78, 5) is 14.9. The monoisotopic (exact) mass is 404 g/mol. The molecule has 0 bridgehead atoms. The van der Waals surface area contributed by atoms with Crippen LogP contribution in [0.1, 0.15) is 11.1 Å². The van der Waals surface area contributed by atoms with Crippen LogP contribution in [0.3, 0.4) is 0 Å². The van der Waals surface area contributed by atoms with Crippen molar-refractivity contribution in [2.75, 3.05) is 38.1 Å². The third kappa shape index (κ3) is 4.67. The van der Waals surface area contributed by atoms with Crippen molar-refractivity contribution in [3.8, 4) is 0 Å². The van der Waals surface area contributed by atoms with E-state index in [0.717, 1.165) is 43.5 Å². The molecule has 150 valence electrons. The fourth-order valence-corrected chi connectivity index (χ4v) is 4.14. The first-order valence-corrected chi connectivity index (χ1v) is 10.5. The molecule has 0 atom stereocenters. The van der Waals surface area contributed by atoms with Gasteiger partial charge < -0.3 is 9.80 Å². The van der Waals surface area contributed by atoms with Crippen LogP contribution in [0.2, 0.25) is 0 Å². The minimum atomic E-state index is -3.84. The minimum absolute atomic E-state index is 0.112. The summed E-state index contributed by atoms with van der Waals surface area (Å²) >= 11 is 0. The van der Waals surface area contributed by atoms with Crippen LogP contribution in [0.25, 0.3) is 0 Å². The number of nitrogens with zero attached hydrogens (tertiary/aromatic N) is 3. The maximum atomic E-state index is 12.5. The average molecular weight is 404 g/mol. The molecule has 1 fully saturated rings. The molecule has 28 heavy (non-hydrogen) atoms. The molecule has 1 saturated heterocycles. The zero-order valence-corrected chi connectivity index (χ0v) is 16.8. The van der Waals surface area contributed by atoms with Gasteiger partial charge in [0, 0.05) is 50.0 Å². The highest BCUT2D eigenvalue weighted by Gasteiger charge is 2.20. The molecular weight excluding hydrogens is 380 g/mol. The smallest absolute Gasteiger partial charge is 0.273 e. The Hall–Kier alpha value is -2.49. The Bertz CT molecular complexity index is 952. The number of nitrogens with one attached hydrogen (secondary N) is 1. The van der Waals surface area contributed by atoms with Crippen LogP contribution < -0.4 is 9.62 Å². The Morgan fingerprint density at radius 3 is 2.32 bits per heavy atom. The molecule has 1 aliphatic heterocycles. The lowest BCUT2D eigenvalue weighted by molar-refractivity contribution is -0.385. The van der Waals surface area contributed by atoms with Crippen molar-refractivity contribution in [3.05, 3.63) is 63.7 Å². The molecule has 2 aromatic rings. The number of aryl methyl sites for hydroxylation is 1. The van der Waals surface area contributed by atoms with E-state index >= 15 is 0 Å². The number of benzene rings is 2. The molecule has 2 aromatic carbocycles. The Kier molecular flexibility index (Phi) is 5.97. The summed E-state index contributed by atoms with van der Waals surface area (Å²) in [5.74, 6) is 0. The summed E-state index contributed by atoms with van der Waals surface area (Å²) in [6.45, 7) is 5.66. The van der Waals surface area contributed by atoms with Crippen molar-refractivity contribution in [1.82, 2.24) is 9.62 Å². The predicted octanol–water partition coefficient (Wildman–Crippen LogP) is 2.13. The summed E-state index contributed by atoms with van der Waals surface area (Å²) in [7, 11) is -1.73. The number of nitro groups is 1. The van der Waals surface area contributed by atoms with Crippen LogP contribution in [-0.2, 0) is 16.6 Å². The molecule has 9 heteroatoms. The molecular formula is C19H24N4O4S. The Morgan fingerprint density at radius 1 is 1.07 bits per heavy atom. The van der Waals surface area contributed by atoms with E-state index in [-0.39, 0.29) is 17.1 Å². The molecule has 1 aliphatic rings. The predicted molar refractivity (Wildman–Crippen MR) is 108 cm³/mol. The minimum Gasteiger partial charge on any atom is -0.369 e. The van der Waals surface area contributed by atoms with E-state index in [2.05, 4.69) is 21.6 Å². The van der Waals surface area contributed by atoms with E-state index < -0.39 is 14.9 Å². The third-order valence-electron chi connectivity index (χ3n) is 4.96. The van der Waals surface area contributed by atoms with Gasteiger partial charge in [0.15, 0.2) is 0 Å². The number of anilines is 1. The number of rotatable bonds is 6. The van der Waals surface area contributed by atoms with E-state index in [1.807, 2.05) is 24.3 Å². The van der Waals surface area contributed by atoms with E-state index in [1.165, 1.54) is 12.1 Å². The van der Waals surface area contributed by atoms with E-state index in [9.17, 15) is 18.5 Å². The van der Waals surface area contributed by atoms with Crippen LogP contribution in [0, 0.1) is 17.0 Å². The second-order valence-electron chi connectivity index (χ2n) is 6.99. The Morgan fingerprint density at radius 2 is 1.71 bits per heavy atom. The fraction of sp³-hybridized carbons (Fsp3) is 0.368. The van der Waals surface area contributed by atoms with E-state index in [4.69, 9.17) is 0 Å². The van der Waals surface area contributed by atoms with Gasteiger partial charge >= 0.3 is 0 Å². The van der Waals surface area contributed by atoms with Crippen molar-refractivity contribution < 1.29 is 13.3 Å². The lowest BCUT2D eigenvalue weighted by Crippen LogP contribution is -2.44. The highest BCUT2D eigenvalue weighted by molar-refractivity contribution is 7.89. The van der Waals surface area contributed by atoms with Gasteiger partial charge in [0.25, 0.3) is 5.69 Å². The molecule has 0 aliphatic carbocycles. The van der Waals surface area contributed by atoms with Crippen LogP contribution in [0.4, 0.5) is 11.4 Å². The Labute approximate surface area is 165 Å². The normalized spacial score (nSPS) is 15.6. The topological polar surface area (TPSA) is 95.8 Å². The van der Waals surface area contributed by atoms with Crippen LogP contribution in [-0.4, -0.2) is 51.5 Å². The molecule has 0 radical (unpaired) electrons. The quantitative estimate of drug-likeness (QED) is 0.585. The molecule has 0 spiro atoms. The molecule has 8 nitrogen and oxygen atoms in total. The lowest BCUT2D eigenvalue weighted by atomic mass is 10.2. The number of nitro benzene ring substituents is 1. The van der Waals surface area contributed by atoms with Gasteiger partial charge in [-0.3, -0.25) is 10.1 Å².